The topological polar surface area (TPSA) is 74.6 Å². The van der Waals surface area contributed by atoms with Gasteiger partial charge in [-0.25, -0.2) is 4.79 Å². The lowest BCUT2D eigenvalue weighted by Gasteiger charge is -2.60. The van der Waals surface area contributed by atoms with Gasteiger partial charge in [0.15, 0.2) is 0 Å². The quantitative estimate of drug-likeness (QED) is 0.651. The van der Waals surface area contributed by atoms with Gasteiger partial charge in [-0.05, 0) is 74.0 Å². The van der Waals surface area contributed by atoms with Crippen LogP contribution in [-0.2, 0) is 9.59 Å². The van der Waals surface area contributed by atoms with Gasteiger partial charge in [-0.2, -0.15) is 0 Å². The fourth-order valence-corrected chi connectivity index (χ4v) is 7.42. The number of fused-ring (bicyclic) bond motifs is 5. The minimum Gasteiger partial charge on any atom is -0.472 e. The Kier molecular flexibility index (Phi) is 4.04. The lowest BCUT2D eigenvalue weighted by molar-refractivity contribution is -0.147. The second kappa shape index (κ2) is 5.83. The van der Waals surface area contributed by atoms with Crippen molar-refractivity contribution >= 4 is 11.8 Å². The van der Waals surface area contributed by atoms with Crippen molar-refractivity contribution in [2.45, 2.75) is 77.2 Å². The number of aliphatic hydroxyl groups is 1. The van der Waals surface area contributed by atoms with Gasteiger partial charge >= 0.3 is 5.97 Å². The minimum absolute atomic E-state index is 0.256. The molecule has 0 aromatic carbocycles. The summed E-state index contributed by atoms with van der Waals surface area (Å²) in [6.45, 7) is 4.55. The highest BCUT2D eigenvalue weighted by Crippen LogP contribution is 2.67. The Morgan fingerprint density at radius 2 is 1.81 bits per heavy atom. The number of hydrogen-bond acceptors (Lipinski definition) is 3. The predicted octanol–water partition coefficient (Wildman–Crippen LogP) is 3.42. The number of carboxylic acids is 1. The fourth-order valence-electron chi connectivity index (χ4n) is 7.42. The van der Waals surface area contributed by atoms with Crippen molar-refractivity contribution < 1.29 is 19.8 Å². The summed E-state index contributed by atoms with van der Waals surface area (Å²) in [6.07, 6.45) is 8.25. The number of carbonyl (C=O) groups is 2. The first-order valence-corrected chi connectivity index (χ1v) is 10.2. The van der Waals surface area contributed by atoms with Crippen LogP contribution in [0, 0.1) is 46.3 Å². The highest BCUT2D eigenvalue weighted by Gasteiger charge is 2.64. The van der Waals surface area contributed by atoms with Gasteiger partial charge in [0.25, 0.3) is 0 Å². The average molecular weight is 358 g/mol. The number of hydrogen-bond donors (Lipinski definition) is 2. The van der Waals surface area contributed by atoms with Crippen LogP contribution in [-0.4, -0.2) is 27.6 Å². The van der Waals surface area contributed by atoms with E-state index in [2.05, 4.69) is 25.7 Å². The molecule has 4 rings (SSSR count). The third-order valence-corrected chi connectivity index (χ3v) is 9.01. The number of Topliss-reactive ketones (excluding diaryl/α,β-unsaturated/α-hetero) is 1. The summed E-state index contributed by atoms with van der Waals surface area (Å²) in [6, 6.07) is 0. The lowest BCUT2D eigenvalue weighted by atomic mass is 9.44. The van der Waals surface area contributed by atoms with E-state index in [-0.39, 0.29) is 10.8 Å². The van der Waals surface area contributed by atoms with E-state index < -0.39 is 11.6 Å². The summed E-state index contributed by atoms with van der Waals surface area (Å²) in [5, 5.41) is 20.2. The van der Waals surface area contributed by atoms with Crippen molar-refractivity contribution in [2.75, 3.05) is 0 Å². The van der Waals surface area contributed by atoms with Crippen LogP contribution in [0.3, 0.4) is 0 Å². The number of carboxylic acid groups (broad SMARTS) is 1. The van der Waals surface area contributed by atoms with Crippen molar-refractivity contribution in [3.63, 3.8) is 0 Å². The van der Waals surface area contributed by atoms with Crippen LogP contribution in [0.25, 0.3) is 0 Å². The third kappa shape index (κ3) is 2.39. The summed E-state index contributed by atoms with van der Waals surface area (Å²) in [4.78, 5) is 22.9. The van der Waals surface area contributed by atoms with Crippen LogP contribution >= 0.6 is 0 Å². The van der Waals surface area contributed by atoms with E-state index >= 15 is 0 Å². The van der Waals surface area contributed by atoms with E-state index in [4.69, 9.17) is 5.11 Å². The maximum Gasteiger partial charge on any atom is 0.382 e. The second-order valence-corrected chi connectivity index (χ2v) is 9.81. The molecule has 0 spiro atoms. The Labute approximate surface area is 155 Å². The van der Waals surface area contributed by atoms with Crippen molar-refractivity contribution in [2.24, 2.45) is 34.5 Å². The molecule has 142 valence electrons. The molecule has 4 heteroatoms. The van der Waals surface area contributed by atoms with E-state index in [0.717, 1.165) is 51.4 Å². The molecule has 4 aliphatic carbocycles. The maximum atomic E-state index is 12.0. The third-order valence-electron chi connectivity index (χ3n) is 9.01. The Balaban J connectivity index is 1.63. The number of carbonyl (C=O) groups excluding carboxylic acids is 1. The van der Waals surface area contributed by atoms with Crippen molar-refractivity contribution in [3.8, 4) is 11.8 Å². The SMILES string of the molecule is C[C@]12CCC(=O)C[C@@H]1CC[C@@H]1[C@@H]2CC[C@@]2(C)[C@H]1CC[C@@]2(O)C#CC(=O)O. The van der Waals surface area contributed by atoms with Crippen LogP contribution in [0.1, 0.15) is 71.6 Å². The summed E-state index contributed by atoms with van der Waals surface area (Å²) >= 11 is 0. The Hall–Kier alpha value is -1.34. The molecule has 0 bridgehead atoms. The van der Waals surface area contributed by atoms with Crippen LogP contribution in [0.2, 0.25) is 0 Å². The molecular weight excluding hydrogens is 328 g/mol. The number of aliphatic carboxylic acids is 1. The summed E-state index contributed by atoms with van der Waals surface area (Å²) in [5.74, 6) is 6.33. The van der Waals surface area contributed by atoms with Crippen molar-refractivity contribution in [1.29, 1.82) is 0 Å². The molecule has 0 aromatic heterocycles. The molecule has 4 saturated carbocycles. The molecule has 4 aliphatic rings. The predicted molar refractivity (Wildman–Crippen MR) is 97.1 cm³/mol. The van der Waals surface area contributed by atoms with E-state index in [1.165, 1.54) is 0 Å². The first-order valence-electron chi connectivity index (χ1n) is 10.2. The van der Waals surface area contributed by atoms with E-state index in [0.29, 0.717) is 35.9 Å². The molecule has 0 heterocycles. The zero-order chi connectivity index (χ0) is 18.7. The van der Waals surface area contributed by atoms with Crippen molar-refractivity contribution in [1.82, 2.24) is 0 Å². The van der Waals surface area contributed by atoms with Gasteiger partial charge in [0, 0.05) is 24.2 Å². The first-order chi connectivity index (χ1) is 12.2. The second-order valence-electron chi connectivity index (χ2n) is 9.81. The van der Waals surface area contributed by atoms with Crippen LogP contribution in [0.5, 0.6) is 0 Å². The molecule has 0 unspecified atom stereocenters. The summed E-state index contributed by atoms with van der Waals surface area (Å²) in [7, 11) is 0. The molecule has 0 saturated heterocycles. The van der Waals surface area contributed by atoms with Gasteiger partial charge in [-0.1, -0.05) is 19.8 Å². The molecule has 0 aromatic rings. The van der Waals surface area contributed by atoms with Crippen LogP contribution < -0.4 is 0 Å². The van der Waals surface area contributed by atoms with Gasteiger partial charge in [0.05, 0.1) is 0 Å². The molecule has 0 radical (unpaired) electrons. The van der Waals surface area contributed by atoms with Crippen LogP contribution in [0.4, 0.5) is 0 Å². The molecule has 0 aliphatic heterocycles. The molecule has 2 N–H and O–H groups in total. The average Bonchev–Trinajstić information content (AvgIpc) is 2.86. The van der Waals surface area contributed by atoms with Gasteiger partial charge in [0.2, 0.25) is 0 Å². The standard InChI is InChI=1S/C22H30O4/c1-20-9-5-15(23)13-14(20)3-4-16-17(20)6-10-21(2)18(16)7-11-22(21,26)12-8-19(24)25/h14,16-18,26H,3-7,9-11,13H2,1-2H3,(H,24,25)/t14-,16+,17-,18-,20-,21-,22+/m0/s1. The van der Waals surface area contributed by atoms with Gasteiger partial charge in [-0.3, -0.25) is 4.79 Å². The highest BCUT2D eigenvalue weighted by atomic mass is 16.4. The highest BCUT2D eigenvalue weighted by molar-refractivity contribution is 5.86. The smallest absolute Gasteiger partial charge is 0.382 e. The maximum absolute atomic E-state index is 12.0. The Morgan fingerprint density at radius 1 is 1.08 bits per heavy atom. The minimum atomic E-state index is -1.18. The van der Waals surface area contributed by atoms with Gasteiger partial charge in [0.1, 0.15) is 11.4 Å². The zero-order valence-corrected chi connectivity index (χ0v) is 15.9. The normalized spacial score (nSPS) is 50.0. The first kappa shape index (κ1) is 18.0. The number of ketones is 1. The molecular formula is C22H30O4. The fraction of sp³-hybridized carbons (Fsp3) is 0.818. The molecule has 4 fully saturated rings. The van der Waals surface area contributed by atoms with Gasteiger partial charge in [-0.15, -0.1) is 0 Å². The monoisotopic (exact) mass is 358 g/mol. The molecule has 0 amide bonds. The van der Waals surface area contributed by atoms with Crippen molar-refractivity contribution in [3.05, 3.63) is 0 Å². The Morgan fingerprint density at radius 3 is 2.54 bits per heavy atom. The van der Waals surface area contributed by atoms with E-state index in [9.17, 15) is 14.7 Å². The lowest BCUT2D eigenvalue weighted by Crippen LogP contribution is -2.56. The number of rotatable bonds is 0. The molecule has 26 heavy (non-hydrogen) atoms. The van der Waals surface area contributed by atoms with Gasteiger partial charge < -0.3 is 10.2 Å². The van der Waals surface area contributed by atoms with E-state index in [1.807, 2.05) is 0 Å². The molecule has 7 atom stereocenters. The summed E-state index contributed by atoms with van der Waals surface area (Å²) in [5.41, 5.74) is -1.24. The zero-order valence-electron chi connectivity index (χ0n) is 15.9. The molecule has 4 nitrogen and oxygen atoms in total. The summed E-state index contributed by atoms with van der Waals surface area (Å²) < 4.78 is 0. The van der Waals surface area contributed by atoms with Crippen LogP contribution in [0.15, 0.2) is 0 Å². The van der Waals surface area contributed by atoms with E-state index in [1.54, 1.807) is 0 Å². The Bertz CT molecular complexity index is 703. The largest absolute Gasteiger partial charge is 0.472 e.